The van der Waals surface area contributed by atoms with E-state index in [-0.39, 0.29) is 11.6 Å². The molecule has 3 heterocycles. The number of anilines is 2. The summed E-state index contributed by atoms with van der Waals surface area (Å²) in [7, 11) is 0. The fraction of sp³-hybridized carbons (Fsp3) is 0.167. The Bertz CT molecular complexity index is 1710. The number of aromatic nitrogens is 1. The Balaban J connectivity index is 1.43. The Morgan fingerprint density at radius 2 is 1.63 bits per heavy atom. The molecule has 11 heteroatoms. The predicted molar refractivity (Wildman–Crippen MR) is 151 cm³/mol. The summed E-state index contributed by atoms with van der Waals surface area (Å²) in [6.07, 6.45) is 3.67. The number of rotatable bonds is 6. The van der Waals surface area contributed by atoms with Gasteiger partial charge in [0.15, 0.2) is 0 Å². The largest absolute Gasteiger partial charge is 0.386 e. The first kappa shape index (κ1) is 26.1. The number of hydrazine groups is 1. The number of carbonyl (C=O) groups excluding carboxylic acids is 3. The van der Waals surface area contributed by atoms with Gasteiger partial charge in [0.05, 0.1) is 28.1 Å². The maximum Gasteiger partial charge on any atom is 0.269 e. The number of amides is 2. The van der Waals surface area contributed by atoms with Crippen LogP contribution in [0.3, 0.4) is 0 Å². The molecule has 11 nitrogen and oxygen atoms in total. The Hall–Kier alpha value is -5.13. The van der Waals surface area contributed by atoms with Crippen LogP contribution in [-0.2, 0) is 9.59 Å². The van der Waals surface area contributed by atoms with E-state index in [4.69, 9.17) is 0 Å². The summed E-state index contributed by atoms with van der Waals surface area (Å²) in [6, 6.07) is 19.5. The van der Waals surface area contributed by atoms with E-state index in [9.17, 15) is 29.6 Å². The molecule has 6 rings (SSSR count). The van der Waals surface area contributed by atoms with E-state index in [2.05, 4.69) is 5.43 Å². The van der Waals surface area contributed by atoms with E-state index in [1.54, 1.807) is 72.9 Å². The molecule has 1 fully saturated rings. The molecule has 0 spiro atoms. The summed E-state index contributed by atoms with van der Waals surface area (Å²) < 4.78 is 1.46. The Labute approximate surface area is 234 Å². The number of aliphatic hydroxyl groups excluding tert-OH is 1. The van der Waals surface area contributed by atoms with E-state index in [1.807, 2.05) is 0 Å². The number of nitrogens with zero attached hydrogens (tertiary/aromatic N) is 4. The summed E-state index contributed by atoms with van der Waals surface area (Å²) in [5.74, 6) is -1.95. The van der Waals surface area contributed by atoms with Crippen LogP contribution in [0.2, 0.25) is 0 Å². The molecule has 206 valence electrons. The van der Waals surface area contributed by atoms with Gasteiger partial charge in [0, 0.05) is 41.9 Å². The smallest absolute Gasteiger partial charge is 0.269 e. The van der Waals surface area contributed by atoms with Crippen molar-refractivity contribution < 1.29 is 24.4 Å². The molecule has 2 amide bonds. The van der Waals surface area contributed by atoms with E-state index in [0.29, 0.717) is 27.8 Å². The maximum absolute atomic E-state index is 13.9. The number of hydrogen-bond acceptors (Lipinski definition) is 8. The van der Waals surface area contributed by atoms with Crippen molar-refractivity contribution in [2.75, 3.05) is 10.3 Å². The highest BCUT2D eigenvalue weighted by atomic mass is 16.6. The summed E-state index contributed by atoms with van der Waals surface area (Å²) in [6.45, 7) is 1.43. The first-order valence-corrected chi connectivity index (χ1v) is 13.0. The lowest BCUT2D eigenvalue weighted by molar-refractivity contribution is -0.384. The topological polar surface area (TPSA) is 138 Å². The number of fused-ring (bicyclic) bond motifs is 2. The second-order valence-electron chi connectivity index (χ2n) is 9.95. The van der Waals surface area contributed by atoms with Gasteiger partial charge in [-0.05, 0) is 30.3 Å². The lowest BCUT2D eigenvalue weighted by Crippen LogP contribution is -2.55. The quantitative estimate of drug-likeness (QED) is 0.158. The molecule has 2 aliphatic heterocycles. The van der Waals surface area contributed by atoms with Gasteiger partial charge < -0.3 is 10.5 Å². The first-order valence-electron chi connectivity index (χ1n) is 13.0. The number of non-ortho nitro benzene ring substituents is 1. The van der Waals surface area contributed by atoms with Gasteiger partial charge in [-0.25, -0.2) is 9.91 Å². The van der Waals surface area contributed by atoms with Crippen molar-refractivity contribution in [3.05, 3.63) is 113 Å². The van der Waals surface area contributed by atoms with E-state index in [1.165, 1.54) is 40.8 Å². The van der Waals surface area contributed by atoms with Crippen LogP contribution in [0.25, 0.3) is 10.9 Å². The van der Waals surface area contributed by atoms with E-state index in [0.717, 1.165) is 4.90 Å². The molecule has 3 aromatic carbocycles. The van der Waals surface area contributed by atoms with Gasteiger partial charge >= 0.3 is 0 Å². The number of imide groups is 1. The van der Waals surface area contributed by atoms with Crippen molar-refractivity contribution in [1.29, 1.82) is 0 Å². The summed E-state index contributed by atoms with van der Waals surface area (Å²) in [5.41, 5.74) is 4.99. The molecule has 0 aliphatic carbocycles. The fourth-order valence-electron chi connectivity index (χ4n) is 5.60. The van der Waals surface area contributed by atoms with E-state index >= 15 is 0 Å². The lowest BCUT2D eigenvalue weighted by Gasteiger charge is -2.40. The molecule has 0 radical (unpaired) electrons. The Morgan fingerprint density at radius 3 is 2.32 bits per heavy atom. The molecule has 0 bridgehead atoms. The molecule has 2 aliphatic rings. The van der Waals surface area contributed by atoms with Crippen molar-refractivity contribution in [1.82, 2.24) is 9.58 Å². The van der Waals surface area contributed by atoms with Crippen LogP contribution in [0, 0.1) is 16.0 Å². The highest BCUT2D eigenvalue weighted by molar-refractivity contribution is 6.24. The van der Waals surface area contributed by atoms with Crippen molar-refractivity contribution in [3.63, 3.8) is 0 Å². The molecular formula is C30H25N5O6. The van der Waals surface area contributed by atoms with Crippen LogP contribution in [0.15, 0.2) is 97.2 Å². The molecule has 4 aromatic rings. The van der Waals surface area contributed by atoms with Crippen LogP contribution in [0.1, 0.15) is 23.4 Å². The molecule has 1 aromatic heterocycles. The first-order chi connectivity index (χ1) is 19.8. The van der Waals surface area contributed by atoms with Crippen molar-refractivity contribution >= 4 is 45.7 Å². The predicted octanol–water partition coefficient (Wildman–Crippen LogP) is 4.07. The number of nitro benzene ring substituents is 1. The van der Waals surface area contributed by atoms with Crippen LogP contribution < -0.4 is 10.3 Å². The number of carbonyl (C=O) groups is 3. The average molecular weight is 552 g/mol. The highest BCUT2D eigenvalue weighted by Gasteiger charge is 2.54. The fourth-order valence-corrected chi connectivity index (χ4v) is 5.60. The summed E-state index contributed by atoms with van der Waals surface area (Å²) in [4.78, 5) is 51.5. The Morgan fingerprint density at radius 1 is 0.951 bits per heavy atom. The lowest BCUT2D eigenvalue weighted by atomic mass is 9.90. The number of nitro groups is 1. The van der Waals surface area contributed by atoms with Gasteiger partial charge in [-0.15, -0.1) is 0 Å². The minimum Gasteiger partial charge on any atom is -0.386 e. The monoisotopic (exact) mass is 551 g/mol. The van der Waals surface area contributed by atoms with Crippen LogP contribution in [0.4, 0.5) is 17.1 Å². The average Bonchev–Trinajstić information content (AvgIpc) is 3.49. The van der Waals surface area contributed by atoms with Crippen molar-refractivity contribution in [2.24, 2.45) is 5.92 Å². The number of para-hydroxylation sites is 2. The zero-order valence-electron chi connectivity index (χ0n) is 21.8. The third-order valence-corrected chi connectivity index (χ3v) is 7.53. The zero-order valence-corrected chi connectivity index (χ0v) is 21.8. The number of benzene rings is 3. The molecule has 0 saturated carbocycles. The molecule has 1 saturated heterocycles. The Kier molecular flexibility index (Phi) is 6.45. The second kappa shape index (κ2) is 10.1. The molecule has 4 atom stereocenters. The minimum absolute atomic E-state index is 0.108. The standard InChI is InChI=1S/C30H25N5O6/c1-18(36)32-17-24(22-9-5-6-10-25(22)32)28(37)26-16-15-23-27(30(39)33(29(23)38)20-7-3-2-4-8-20)34(26)31-19-11-13-21(14-12-19)35(40)41/h2-17,23,26-28,31,37H,1H3. The molecule has 2 N–H and O–H groups in total. The molecule has 4 unspecified atom stereocenters. The third-order valence-electron chi connectivity index (χ3n) is 7.53. The van der Waals surface area contributed by atoms with Crippen LogP contribution >= 0.6 is 0 Å². The summed E-state index contributed by atoms with van der Waals surface area (Å²) >= 11 is 0. The molecule has 41 heavy (non-hydrogen) atoms. The number of aliphatic hydroxyl groups is 1. The van der Waals surface area contributed by atoms with Crippen molar-refractivity contribution in [2.45, 2.75) is 25.1 Å². The van der Waals surface area contributed by atoms with E-state index < -0.39 is 40.8 Å². The summed E-state index contributed by atoms with van der Waals surface area (Å²) in [5, 5.41) is 25.2. The SMILES string of the molecule is CC(=O)n1cc(C(O)C2C=CC3C(=O)N(c4ccccc4)C(=O)C3N2Nc2ccc([N+](=O)[O-])cc2)c2ccccc21. The number of hydrogen-bond donors (Lipinski definition) is 2. The van der Waals surface area contributed by atoms with Gasteiger partial charge in [0.2, 0.25) is 11.8 Å². The van der Waals surface area contributed by atoms with Gasteiger partial charge in [0.1, 0.15) is 12.1 Å². The maximum atomic E-state index is 13.9. The van der Waals surface area contributed by atoms with Gasteiger partial charge in [-0.1, -0.05) is 48.6 Å². The highest BCUT2D eigenvalue weighted by Crippen LogP contribution is 2.39. The second-order valence-corrected chi connectivity index (χ2v) is 9.95. The van der Waals surface area contributed by atoms with Crippen molar-refractivity contribution in [3.8, 4) is 0 Å². The van der Waals surface area contributed by atoms with Gasteiger partial charge in [-0.3, -0.25) is 29.1 Å². The van der Waals surface area contributed by atoms with Gasteiger partial charge in [-0.2, -0.15) is 0 Å². The number of nitrogens with one attached hydrogen (secondary N) is 1. The normalized spacial score (nSPS) is 21.2. The minimum atomic E-state index is -1.23. The molecular weight excluding hydrogens is 526 g/mol. The third kappa shape index (κ3) is 4.37. The van der Waals surface area contributed by atoms with Crippen LogP contribution in [0.5, 0.6) is 0 Å². The van der Waals surface area contributed by atoms with Crippen LogP contribution in [-0.4, -0.2) is 49.4 Å². The van der Waals surface area contributed by atoms with Gasteiger partial charge in [0.25, 0.3) is 11.6 Å². The zero-order chi connectivity index (χ0) is 28.8.